The molecular formula is C17H13FNO2S-. The van der Waals surface area contributed by atoms with Crippen molar-refractivity contribution in [2.24, 2.45) is 0 Å². The molecule has 0 aliphatic carbocycles. The summed E-state index contributed by atoms with van der Waals surface area (Å²) in [6, 6.07) is 17.5. The third-order valence-electron chi connectivity index (χ3n) is 3.39. The Bertz CT molecular complexity index is 794. The Hall–Kier alpha value is -2.24. The highest BCUT2D eigenvalue weighted by Gasteiger charge is 2.06. The lowest BCUT2D eigenvalue weighted by Crippen LogP contribution is -1.96. The van der Waals surface area contributed by atoms with Crippen LogP contribution in [-0.4, -0.2) is 13.3 Å². The molecule has 1 heterocycles. The second-order valence-corrected chi connectivity index (χ2v) is 5.78. The van der Waals surface area contributed by atoms with Crippen molar-refractivity contribution in [3.8, 4) is 16.9 Å². The molecule has 3 rings (SSSR count). The van der Waals surface area contributed by atoms with Gasteiger partial charge in [0.25, 0.3) is 0 Å². The van der Waals surface area contributed by atoms with Gasteiger partial charge in [-0.05, 0) is 47.5 Å². The molecule has 0 radical (unpaired) electrons. The van der Waals surface area contributed by atoms with Crippen LogP contribution < -0.4 is 0 Å². The summed E-state index contributed by atoms with van der Waals surface area (Å²) in [6.45, 7) is 0. The Labute approximate surface area is 130 Å². The fraction of sp³-hybridized carbons (Fsp3) is 0.0588. The first kappa shape index (κ1) is 14.7. The molecule has 0 N–H and O–H groups in total. The lowest BCUT2D eigenvalue weighted by molar-refractivity contribution is 0.536. The van der Waals surface area contributed by atoms with Crippen molar-refractivity contribution < 1.29 is 13.2 Å². The smallest absolute Gasteiger partial charge is 0.123 e. The highest BCUT2D eigenvalue weighted by atomic mass is 32.2. The number of hydrogen-bond donors (Lipinski definition) is 0. The van der Waals surface area contributed by atoms with Crippen LogP contribution >= 0.6 is 0 Å². The molecule has 0 saturated heterocycles. The molecule has 3 aromatic rings. The van der Waals surface area contributed by atoms with Gasteiger partial charge in [0.15, 0.2) is 0 Å². The van der Waals surface area contributed by atoms with Crippen molar-refractivity contribution in [3.05, 3.63) is 78.2 Å². The predicted octanol–water partition coefficient (Wildman–Crippen LogP) is 3.66. The SMILES string of the molecule is O=S([O-])Cc1ccc(-c2cccn2-c2ccc(F)cc2)cc1. The molecular weight excluding hydrogens is 301 g/mol. The summed E-state index contributed by atoms with van der Waals surface area (Å²) in [7, 11) is 0. The fourth-order valence-electron chi connectivity index (χ4n) is 2.35. The van der Waals surface area contributed by atoms with Crippen LogP contribution in [0.2, 0.25) is 0 Å². The summed E-state index contributed by atoms with van der Waals surface area (Å²) in [5.41, 5.74) is 3.54. The van der Waals surface area contributed by atoms with Crippen molar-refractivity contribution in [2.45, 2.75) is 5.75 Å². The molecule has 0 aliphatic heterocycles. The maximum absolute atomic E-state index is 13.0. The molecule has 5 heteroatoms. The second-order valence-electron chi connectivity index (χ2n) is 4.88. The zero-order chi connectivity index (χ0) is 15.5. The maximum atomic E-state index is 13.0. The normalized spacial score (nSPS) is 12.3. The monoisotopic (exact) mass is 314 g/mol. The number of benzene rings is 2. The highest BCUT2D eigenvalue weighted by Crippen LogP contribution is 2.24. The van der Waals surface area contributed by atoms with Crippen LogP contribution in [0, 0.1) is 5.82 Å². The number of halogens is 1. The van der Waals surface area contributed by atoms with Crippen molar-refractivity contribution in [3.63, 3.8) is 0 Å². The van der Waals surface area contributed by atoms with Crippen LogP contribution in [0.5, 0.6) is 0 Å². The lowest BCUT2D eigenvalue weighted by atomic mass is 10.1. The van der Waals surface area contributed by atoms with Gasteiger partial charge in [-0.1, -0.05) is 35.3 Å². The van der Waals surface area contributed by atoms with E-state index in [1.807, 2.05) is 35.0 Å². The Kier molecular flexibility index (Phi) is 4.18. The standard InChI is InChI=1S/C17H14FNO2S/c18-15-7-9-16(10-8-15)19-11-1-2-17(19)14-5-3-13(4-6-14)12-22(20)21/h1-11H,12H2,(H,20,21)/p-1. The van der Waals surface area contributed by atoms with Crippen molar-refractivity contribution >= 4 is 11.1 Å². The van der Waals surface area contributed by atoms with Crippen LogP contribution in [-0.2, 0) is 16.8 Å². The van der Waals surface area contributed by atoms with E-state index < -0.39 is 11.1 Å². The van der Waals surface area contributed by atoms with E-state index in [0.29, 0.717) is 0 Å². The zero-order valence-electron chi connectivity index (χ0n) is 11.6. The summed E-state index contributed by atoms with van der Waals surface area (Å²) in [6.07, 6.45) is 1.91. The molecule has 0 bridgehead atoms. The molecule has 0 amide bonds. The molecule has 2 aromatic carbocycles. The Morgan fingerprint density at radius 3 is 2.32 bits per heavy atom. The van der Waals surface area contributed by atoms with Crippen LogP contribution in [0.3, 0.4) is 0 Å². The van der Waals surface area contributed by atoms with Gasteiger partial charge in [0.1, 0.15) is 5.82 Å². The Morgan fingerprint density at radius 2 is 1.68 bits per heavy atom. The third-order valence-corrected chi connectivity index (χ3v) is 3.96. The molecule has 0 fully saturated rings. The van der Waals surface area contributed by atoms with Crippen LogP contribution in [0.1, 0.15) is 5.56 Å². The molecule has 1 atom stereocenters. The minimum absolute atomic E-state index is 0.0131. The minimum Gasteiger partial charge on any atom is -0.772 e. The average Bonchev–Trinajstić information content (AvgIpc) is 2.97. The first-order valence-electron chi connectivity index (χ1n) is 6.72. The van der Waals surface area contributed by atoms with E-state index in [2.05, 4.69) is 0 Å². The van der Waals surface area contributed by atoms with E-state index in [4.69, 9.17) is 0 Å². The van der Waals surface area contributed by atoms with E-state index >= 15 is 0 Å². The molecule has 1 unspecified atom stereocenters. The summed E-state index contributed by atoms with van der Waals surface area (Å²) in [4.78, 5) is 0. The lowest BCUT2D eigenvalue weighted by Gasteiger charge is -2.11. The van der Waals surface area contributed by atoms with Gasteiger partial charge in [-0.25, -0.2) is 4.39 Å². The van der Waals surface area contributed by atoms with Crippen LogP contribution in [0.25, 0.3) is 16.9 Å². The molecule has 1 aromatic heterocycles. The molecule has 112 valence electrons. The van der Waals surface area contributed by atoms with Crippen molar-refractivity contribution in [1.29, 1.82) is 0 Å². The van der Waals surface area contributed by atoms with Crippen LogP contribution in [0.15, 0.2) is 66.9 Å². The van der Waals surface area contributed by atoms with Gasteiger partial charge in [0, 0.05) is 17.6 Å². The van der Waals surface area contributed by atoms with E-state index in [9.17, 15) is 13.2 Å². The minimum atomic E-state index is -2.09. The maximum Gasteiger partial charge on any atom is 0.123 e. The molecule has 3 nitrogen and oxygen atoms in total. The number of nitrogens with zero attached hydrogens (tertiary/aromatic N) is 1. The van der Waals surface area contributed by atoms with E-state index in [-0.39, 0.29) is 11.6 Å². The van der Waals surface area contributed by atoms with Gasteiger partial charge in [0.05, 0.1) is 5.69 Å². The zero-order valence-corrected chi connectivity index (χ0v) is 12.4. The van der Waals surface area contributed by atoms with Gasteiger partial charge in [0.2, 0.25) is 0 Å². The summed E-state index contributed by atoms with van der Waals surface area (Å²) < 4.78 is 36.4. The quantitative estimate of drug-likeness (QED) is 0.690. The second kappa shape index (κ2) is 6.25. The van der Waals surface area contributed by atoms with Gasteiger partial charge in [-0.15, -0.1) is 0 Å². The topological polar surface area (TPSA) is 45.1 Å². The first-order valence-corrected chi connectivity index (χ1v) is 7.96. The highest BCUT2D eigenvalue weighted by molar-refractivity contribution is 7.78. The Morgan fingerprint density at radius 1 is 1.00 bits per heavy atom. The molecule has 0 saturated carbocycles. The summed E-state index contributed by atoms with van der Waals surface area (Å²) in [5, 5.41) is 0. The molecule has 0 spiro atoms. The van der Waals surface area contributed by atoms with E-state index in [1.54, 1.807) is 24.3 Å². The predicted molar refractivity (Wildman–Crippen MR) is 83.8 cm³/mol. The number of hydrogen-bond acceptors (Lipinski definition) is 2. The average molecular weight is 314 g/mol. The first-order chi connectivity index (χ1) is 10.6. The van der Waals surface area contributed by atoms with Gasteiger partial charge >= 0.3 is 0 Å². The summed E-state index contributed by atoms with van der Waals surface area (Å²) in [5.74, 6) is -0.258. The third kappa shape index (κ3) is 3.16. The van der Waals surface area contributed by atoms with Crippen molar-refractivity contribution in [2.75, 3.05) is 0 Å². The fourth-order valence-corrected chi connectivity index (χ4v) is 2.82. The summed E-state index contributed by atoms with van der Waals surface area (Å²) >= 11 is -2.09. The van der Waals surface area contributed by atoms with E-state index in [0.717, 1.165) is 22.5 Å². The van der Waals surface area contributed by atoms with Gasteiger partial charge in [-0.3, -0.25) is 4.21 Å². The largest absolute Gasteiger partial charge is 0.772 e. The van der Waals surface area contributed by atoms with Gasteiger partial charge in [-0.2, -0.15) is 0 Å². The van der Waals surface area contributed by atoms with Gasteiger partial charge < -0.3 is 9.12 Å². The van der Waals surface area contributed by atoms with E-state index in [1.165, 1.54) is 12.1 Å². The molecule has 0 aliphatic rings. The number of aromatic nitrogens is 1. The molecule has 22 heavy (non-hydrogen) atoms. The number of rotatable bonds is 4. The van der Waals surface area contributed by atoms with Crippen molar-refractivity contribution in [1.82, 2.24) is 4.57 Å². The van der Waals surface area contributed by atoms with Crippen LogP contribution in [0.4, 0.5) is 4.39 Å². The Balaban J connectivity index is 1.94.